The Kier molecular flexibility index (Phi) is 4.72. The molecule has 0 spiro atoms. The molecule has 0 aliphatic carbocycles. The zero-order valence-electron chi connectivity index (χ0n) is 10.7. The molecule has 5 heteroatoms. The van der Waals surface area contributed by atoms with Crippen molar-refractivity contribution >= 4 is 5.97 Å². The van der Waals surface area contributed by atoms with E-state index in [1.807, 2.05) is 18.9 Å². The molecule has 0 fully saturated rings. The van der Waals surface area contributed by atoms with E-state index < -0.39 is 5.97 Å². The van der Waals surface area contributed by atoms with E-state index in [0.29, 0.717) is 24.5 Å². The van der Waals surface area contributed by atoms with Crippen LogP contribution >= 0.6 is 0 Å². The van der Waals surface area contributed by atoms with Crippen LogP contribution in [0.4, 0.5) is 0 Å². The second-order valence-corrected chi connectivity index (χ2v) is 4.25. The van der Waals surface area contributed by atoms with E-state index in [-0.39, 0.29) is 11.8 Å². The second kappa shape index (κ2) is 5.84. The van der Waals surface area contributed by atoms with Crippen LogP contribution in [0.15, 0.2) is 10.5 Å². The molecule has 5 nitrogen and oxygen atoms in total. The van der Waals surface area contributed by atoms with Crippen LogP contribution in [0.1, 0.15) is 28.8 Å². The first-order chi connectivity index (χ1) is 7.95. The van der Waals surface area contributed by atoms with Gasteiger partial charge in [-0.25, -0.2) is 4.79 Å². The highest BCUT2D eigenvalue weighted by Crippen LogP contribution is 2.16. The molecule has 0 aromatic carbocycles. The number of hydrogen-bond donors (Lipinski definition) is 1. The van der Waals surface area contributed by atoms with Crippen molar-refractivity contribution in [3.05, 3.63) is 23.2 Å². The predicted octanol–water partition coefficient (Wildman–Crippen LogP) is 1.75. The molecular formula is C12H19NO4. The van der Waals surface area contributed by atoms with Gasteiger partial charge < -0.3 is 14.3 Å². The molecule has 0 amide bonds. The summed E-state index contributed by atoms with van der Waals surface area (Å²) >= 11 is 0. The summed E-state index contributed by atoms with van der Waals surface area (Å²) in [6.07, 6.45) is 0. The minimum absolute atomic E-state index is 0.0211. The molecule has 0 saturated carbocycles. The highest BCUT2D eigenvalue weighted by atomic mass is 16.5. The maximum Gasteiger partial charge on any atom is 0.372 e. The lowest BCUT2D eigenvalue weighted by molar-refractivity contribution is 0.0654. The van der Waals surface area contributed by atoms with Gasteiger partial charge in [-0.15, -0.1) is 0 Å². The predicted molar refractivity (Wildman–Crippen MR) is 63.2 cm³/mol. The normalized spacial score (nSPS) is 13.0. The fourth-order valence-electron chi connectivity index (χ4n) is 1.61. The smallest absolute Gasteiger partial charge is 0.372 e. The second-order valence-electron chi connectivity index (χ2n) is 4.25. The van der Waals surface area contributed by atoms with Crippen LogP contribution in [0, 0.1) is 6.92 Å². The van der Waals surface area contributed by atoms with Crippen molar-refractivity contribution in [2.45, 2.75) is 26.4 Å². The molecule has 17 heavy (non-hydrogen) atoms. The van der Waals surface area contributed by atoms with Crippen LogP contribution < -0.4 is 0 Å². The van der Waals surface area contributed by atoms with Crippen LogP contribution in [0.3, 0.4) is 0 Å². The Labute approximate surface area is 101 Å². The topological polar surface area (TPSA) is 62.9 Å². The van der Waals surface area contributed by atoms with Crippen LogP contribution in [-0.2, 0) is 11.3 Å². The van der Waals surface area contributed by atoms with Gasteiger partial charge in [0.15, 0.2) is 0 Å². The lowest BCUT2D eigenvalue weighted by atomic mass is 10.2. The van der Waals surface area contributed by atoms with Gasteiger partial charge in [-0.2, -0.15) is 0 Å². The monoisotopic (exact) mass is 241 g/mol. The van der Waals surface area contributed by atoms with Crippen molar-refractivity contribution in [3.63, 3.8) is 0 Å². The van der Waals surface area contributed by atoms with Gasteiger partial charge in [0.05, 0.1) is 13.2 Å². The van der Waals surface area contributed by atoms with Gasteiger partial charge in [0.2, 0.25) is 5.76 Å². The first kappa shape index (κ1) is 13.7. The summed E-state index contributed by atoms with van der Waals surface area (Å²) in [4.78, 5) is 12.9. The molecule has 0 saturated heterocycles. The Bertz CT molecular complexity index is 386. The van der Waals surface area contributed by atoms with E-state index in [0.717, 1.165) is 0 Å². The molecule has 1 N–H and O–H groups in total. The van der Waals surface area contributed by atoms with Crippen molar-refractivity contribution in [1.29, 1.82) is 0 Å². The van der Waals surface area contributed by atoms with Crippen molar-refractivity contribution in [3.8, 4) is 0 Å². The SMILES string of the molecule is COCC(C)N(C)Cc1cc(C)c(C(=O)O)o1. The zero-order valence-corrected chi connectivity index (χ0v) is 10.7. The van der Waals surface area contributed by atoms with Gasteiger partial charge in [-0.3, -0.25) is 4.90 Å². The number of likely N-dealkylation sites (N-methyl/N-ethyl adjacent to an activating group) is 1. The molecular weight excluding hydrogens is 222 g/mol. The lowest BCUT2D eigenvalue weighted by Gasteiger charge is -2.22. The minimum atomic E-state index is -1.03. The largest absolute Gasteiger partial charge is 0.475 e. The van der Waals surface area contributed by atoms with Crippen LogP contribution in [0.5, 0.6) is 0 Å². The standard InChI is InChI=1S/C12H19NO4/c1-8-5-10(17-11(8)12(14)15)6-13(3)9(2)7-16-4/h5,9H,6-7H2,1-4H3,(H,14,15). The molecule has 1 aromatic heterocycles. The van der Waals surface area contributed by atoms with Gasteiger partial charge in [-0.1, -0.05) is 0 Å². The number of furan rings is 1. The third-order valence-electron chi connectivity index (χ3n) is 2.73. The highest BCUT2D eigenvalue weighted by Gasteiger charge is 2.16. The number of methoxy groups -OCH3 is 1. The van der Waals surface area contributed by atoms with E-state index in [4.69, 9.17) is 14.3 Å². The number of aryl methyl sites for hydroxylation is 1. The molecule has 1 rings (SSSR count). The number of aromatic carboxylic acids is 1. The number of ether oxygens (including phenoxy) is 1. The summed E-state index contributed by atoms with van der Waals surface area (Å²) in [6.45, 7) is 4.97. The number of rotatable bonds is 6. The maximum atomic E-state index is 10.8. The molecule has 0 bridgehead atoms. The van der Waals surface area contributed by atoms with E-state index in [2.05, 4.69) is 0 Å². The fourth-order valence-corrected chi connectivity index (χ4v) is 1.61. The average molecular weight is 241 g/mol. The van der Waals surface area contributed by atoms with Gasteiger partial charge in [-0.05, 0) is 27.0 Å². The van der Waals surface area contributed by atoms with Crippen molar-refractivity contribution in [2.75, 3.05) is 20.8 Å². The van der Waals surface area contributed by atoms with E-state index >= 15 is 0 Å². The van der Waals surface area contributed by atoms with E-state index in [9.17, 15) is 4.79 Å². The Morgan fingerprint density at radius 3 is 2.76 bits per heavy atom. The fraction of sp³-hybridized carbons (Fsp3) is 0.583. The first-order valence-corrected chi connectivity index (χ1v) is 5.47. The molecule has 96 valence electrons. The molecule has 0 aliphatic heterocycles. The maximum absolute atomic E-state index is 10.8. The lowest BCUT2D eigenvalue weighted by Crippen LogP contribution is -2.32. The molecule has 1 unspecified atom stereocenters. The van der Waals surface area contributed by atoms with Crippen LogP contribution in [-0.4, -0.2) is 42.8 Å². The third-order valence-corrected chi connectivity index (χ3v) is 2.73. The number of carbonyl (C=O) groups is 1. The van der Waals surface area contributed by atoms with Crippen molar-refractivity contribution in [1.82, 2.24) is 4.90 Å². The molecule has 0 aliphatic rings. The van der Waals surface area contributed by atoms with Crippen LogP contribution in [0.2, 0.25) is 0 Å². The van der Waals surface area contributed by atoms with Gasteiger partial charge >= 0.3 is 5.97 Å². The summed E-state index contributed by atoms with van der Waals surface area (Å²) < 4.78 is 10.4. The van der Waals surface area contributed by atoms with E-state index in [1.54, 1.807) is 20.1 Å². The van der Waals surface area contributed by atoms with Crippen molar-refractivity contribution in [2.24, 2.45) is 0 Å². The summed E-state index contributed by atoms with van der Waals surface area (Å²) in [5.41, 5.74) is 0.653. The first-order valence-electron chi connectivity index (χ1n) is 5.47. The van der Waals surface area contributed by atoms with Gasteiger partial charge in [0.25, 0.3) is 0 Å². The van der Waals surface area contributed by atoms with Gasteiger partial charge in [0.1, 0.15) is 5.76 Å². The minimum Gasteiger partial charge on any atom is -0.475 e. The number of carboxylic acid groups (broad SMARTS) is 1. The summed E-state index contributed by atoms with van der Waals surface area (Å²) in [7, 11) is 3.60. The Morgan fingerprint density at radius 2 is 2.29 bits per heavy atom. The molecule has 1 atom stereocenters. The van der Waals surface area contributed by atoms with E-state index in [1.165, 1.54) is 0 Å². The highest BCUT2D eigenvalue weighted by molar-refractivity contribution is 5.86. The van der Waals surface area contributed by atoms with Gasteiger partial charge in [0, 0.05) is 18.7 Å². The summed E-state index contributed by atoms with van der Waals surface area (Å²) in [5.74, 6) is -0.348. The zero-order chi connectivity index (χ0) is 13.0. The number of carboxylic acids is 1. The Morgan fingerprint density at radius 1 is 1.65 bits per heavy atom. The molecule has 0 radical (unpaired) electrons. The summed E-state index contributed by atoms with van der Waals surface area (Å²) in [6, 6.07) is 2.01. The quantitative estimate of drug-likeness (QED) is 0.822. The number of hydrogen-bond acceptors (Lipinski definition) is 4. The number of nitrogens with zero attached hydrogens (tertiary/aromatic N) is 1. The van der Waals surface area contributed by atoms with Crippen LogP contribution in [0.25, 0.3) is 0 Å². The third kappa shape index (κ3) is 3.57. The Balaban J connectivity index is 2.69. The Hall–Kier alpha value is -1.33. The molecule has 1 aromatic rings. The summed E-state index contributed by atoms with van der Waals surface area (Å²) in [5, 5.41) is 8.88. The average Bonchev–Trinajstić information content (AvgIpc) is 2.59. The van der Waals surface area contributed by atoms with Crippen molar-refractivity contribution < 1.29 is 19.1 Å². The molecule has 1 heterocycles.